The van der Waals surface area contributed by atoms with E-state index in [2.05, 4.69) is 0 Å². The van der Waals surface area contributed by atoms with Gasteiger partial charge in [-0.25, -0.2) is 0 Å². The van der Waals surface area contributed by atoms with Crippen molar-refractivity contribution in [2.45, 2.75) is 32.0 Å². The van der Waals surface area contributed by atoms with Crippen LogP contribution >= 0.6 is 0 Å². The normalized spacial score (nSPS) is 25.2. The number of nitrogens with zero attached hydrogens (tertiary/aromatic N) is 2. The molecular formula is C11H16F3N3O. The Bertz CT molecular complexity index is 362. The highest BCUT2D eigenvalue weighted by Gasteiger charge is 2.47. The molecule has 1 aliphatic heterocycles. The molecule has 1 fully saturated rings. The fourth-order valence-corrected chi connectivity index (χ4v) is 2.07. The first-order valence-electron chi connectivity index (χ1n) is 5.71. The molecule has 1 amide bonds. The summed E-state index contributed by atoms with van der Waals surface area (Å²) < 4.78 is 36.5. The van der Waals surface area contributed by atoms with Crippen LogP contribution in [-0.2, 0) is 4.79 Å². The third-order valence-corrected chi connectivity index (χ3v) is 2.80. The van der Waals surface area contributed by atoms with Crippen molar-refractivity contribution in [3.8, 4) is 6.07 Å². The van der Waals surface area contributed by atoms with Crippen molar-refractivity contribution >= 4 is 5.91 Å². The van der Waals surface area contributed by atoms with Gasteiger partial charge in [0, 0.05) is 19.6 Å². The second-order valence-corrected chi connectivity index (χ2v) is 5.02. The van der Waals surface area contributed by atoms with Crippen LogP contribution in [0.3, 0.4) is 0 Å². The summed E-state index contributed by atoms with van der Waals surface area (Å²) in [6, 6.07) is 1.81. The van der Waals surface area contributed by atoms with Gasteiger partial charge in [0.2, 0.25) is 0 Å². The van der Waals surface area contributed by atoms with Gasteiger partial charge in [-0.3, -0.25) is 9.69 Å². The maximum absolute atomic E-state index is 12.2. The van der Waals surface area contributed by atoms with Gasteiger partial charge < -0.3 is 5.32 Å². The second-order valence-electron chi connectivity index (χ2n) is 5.02. The van der Waals surface area contributed by atoms with E-state index in [0.717, 1.165) is 0 Å². The highest BCUT2D eigenvalue weighted by Crippen LogP contribution is 2.24. The number of nitriles is 1. The Morgan fingerprint density at radius 2 is 2.17 bits per heavy atom. The number of carbonyl (C=O) groups excluding carboxylic acids is 1. The summed E-state index contributed by atoms with van der Waals surface area (Å²) in [5.74, 6) is -1.69. The minimum Gasteiger partial charge on any atom is -0.329 e. The van der Waals surface area contributed by atoms with Gasteiger partial charge in [0.1, 0.15) is 5.54 Å². The highest BCUT2D eigenvalue weighted by molar-refractivity contribution is 5.82. The van der Waals surface area contributed by atoms with Gasteiger partial charge in [0.25, 0.3) is 0 Å². The minimum absolute atomic E-state index is 0.142. The number of nitrogens with one attached hydrogen (secondary N) is 1. The summed E-state index contributed by atoms with van der Waals surface area (Å²) in [5.41, 5.74) is -1.42. The number of hydrogen-bond donors (Lipinski definition) is 1. The molecule has 4 nitrogen and oxygen atoms in total. The highest BCUT2D eigenvalue weighted by atomic mass is 19.4. The van der Waals surface area contributed by atoms with Crippen molar-refractivity contribution in [3.63, 3.8) is 0 Å². The van der Waals surface area contributed by atoms with Crippen LogP contribution in [0.4, 0.5) is 13.2 Å². The average Bonchev–Trinajstić information content (AvgIpc) is 2.60. The van der Waals surface area contributed by atoms with Gasteiger partial charge in [-0.05, 0) is 12.3 Å². The van der Waals surface area contributed by atoms with Crippen LogP contribution in [0.25, 0.3) is 0 Å². The largest absolute Gasteiger partial charge is 0.471 e. The Morgan fingerprint density at radius 1 is 1.56 bits per heavy atom. The van der Waals surface area contributed by atoms with E-state index < -0.39 is 17.6 Å². The van der Waals surface area contributed by atoms with E-state index in [1.54, 1.807) is 0 Å². The third-order valence-electron chi connectivity index (χ3n) is 2.80. The van der Waals surface area contributed by atoms with Crippen molar-refractivity contribution in [3.05, 3.63) is 0 Å². The average molecular weight is 263 g/mol. The predicted octanol–water partition coefficient (Wildman–Crippen LogP) is 1.29. The molecule has 1 N–H and O–H groups in total. The number of amides is 1. The Morgan fingerprint density at radius 3 is 2.61 bits per heavy atom. The molecule has 1 heterocycles. The molecule has 0 bridgehead atoms. The van der Waals surface area contributed by atoms with Crippen LogP contribution in [0.15, 0.2) is 0 Å². The summed E-state index contributed by atoms with van der Waals surface area (Å²) in [6.07, 6.45) is -4.73. The molecule has 0 aromatic rings. The quantitative estimate of drug-likeness (QED) is 0.834. The first kappa shape index (κ1) is 14.8. The molecule has 18 heavy (non-hydrogen) atoms. The van der Waals surface area contributed by atoms with Crippen LogP contribution in [0.5, 0.6) is 0 Å². The molecule has 0 aromatic heterocycles. The Balaban J connectivity index is 2.67. The number of carbonyl (C=O) groups is 1. The lowest BCUT2D eigenvalue weighted by Crippen LogP contribution is -2.53. The Kier molecular flexibility index (Phi) is 4.22. The maximum Gasteiger partial charge on any atom is 0.471 e. The molecule has 102 valence electrons. The molecule has 7 heteroatoms. The smallest absolute Gasteiger partial charge is 0.329 e. The number of alkyl halides is 3. The van der Waals surface area contributed by atoms with E-state index >= 15 is 0 Å². The van der Waals surface area contributed by atoms with Crippen LogP contribution in [0.1, 0.15) is 20.3 Å². The van der Waals surface area contributed by atoms with Gasteiger partial charge in [-0.1, -0.05) is 13.8 Å². The zero-order chi connectivity index (χ0) is 14.0. The van der Waals surface area contributed by atoms with Crippen molar-refractivity contribution in [2.24, 2.45) is 5.92 Å². The van der Waals surface area contributed by atoms with Crippen molar-refractivity contribution in [2.75, 3.05) is 19.6 Å². The topological polar surface area (TPSA) is 56.1 Å². The molecule has 0 aromatic carbocycles. The lowest BCUT2D eigenvalue weighted by atomic mass is 10.0. The van der Waals surface area contributed by atoms with Gasteiger partial charge in [-0.15, -0.1) is 0 Å². The van der Waals surface area contributed by atoms with E-state index in [-0.39, 0.29) is 13.0 Å². The molecule has 0 aliphatic carbocycles. The van der Waals surface area contributed by atoms with Crippen LogP contribution in [0.2, 0.25) is 0 Å². The molecule has 0 radical (unpaired) electrons. The summed E-state index contributed by atoms with van der Waals surface area (Å²) in [7, 11) is 0. The molecule has 1 saturated heterocycles. The molecule has 1 rings (SSSR count). The van der Waals surface area contributed by atoms with E-state index in [1.165, 1.54) is 0 Å². The van der Waals surface area contributed by atoms with E-state index in [1.807, 2.05) is 30.1 Å². The Hall–Kier alpha value is -1.29. The summed E-state index contributed by atoms with van der Waals surface area (Å²) in [6.45, 7) is 5.33. The summed E-state index contributed by atoms with van der Waals surface area (Å²) in [5, 5.41) is 10.8. The first-order valence-corrected chi connectivity index (χ1v) is 5.71. The molecule has 0 spiro atoms. The third kappa shape index (κ3) is 3.60. The number of halogens is 3. The zero-order valence-corrected chi connectivity index (χ0v) is 10.3. The van der Waals surface area contributed by atoms with E-state index in [9.17, 15) is 18.0 Å². The van der Waals surface area contributed by atoms with Crippen LogP contribution in [-0.4, -0.2) is 42.2 Å². The van der Waals surface area contributed by atoms with Gasteiger partial charge in [0.15, 0.2) is 0 Å². The minimum atomic E-state index is -4.95. The molecule has 1 atom stereocenters. The van der Waals surface area contributed by atoms with Gasteiger partial charge in [-0.2, -0.15) is 18.4 Å². The SMILES string of the molecule is CC(C)CN1CCC(C#N)(NC(=O)C(F)(F)F)C1. The molecule has 1 aliphatic rings. The monoisotopic (exact) mass is 263 g/mol. The predicted molar refractivity (Wildman–Crippen MR) is 58.4 cm³/mol. The first-order chi connectivity index (χ1) is 8.18. The lowest BCUT2D eigenvalue weighted by molar-refractivity contribution is -0.175. The molecule has 1 unspecified atom stereocenters. The van der Waals surface area contributed by atoms with Crippen molar-refractivity contribution < 1.29 is 18.0 Å². The standard InChI is InChI=1S/C11H16F3N3O/c1-8(2)5-17-4-3-10(6-15,7-17)16-9(18)11(12,13)14/h8H,3-5,7H2,1-2H3,(H,16,18). The Labute approximate surface area is 104 Å². The van der Waals surface area contributed by atoms with Gasteiger partial charge >= 0.3 is 12.1 Å². The van der Waals surface area contributed by atoms with Crippen LogP contribution in [0, 0.1) is 17.2 Å². The number of rotatable bonds is 3. The molecule has 0 saturated carbocycles. The fourth-order valence-electron chi connectivity index (χ4n) is 2.07. The fraction of sp³-hybridized carbons (Fsp3) is 0.818. The summed E-state index contributed by atoms with van der Waals surface area (Å²) >= 11 is 0. The summed E-state index contributed by atoms with van der Waals surface area (Å²) in [4.78, 5) is 12.8. The second kappa shape index (κ2) is 5.14. The zero-order valence-electron chi connectivity index (χ0n) is 10.3. The van der Waals surface area contributed by atoms with Crippen LogP contribution < -0.4 is 5.32 Å². The lowest BCUT2D eigenvalue weighted by Gasteiger charge is -2.24. The number of hydrogen-bond acceptors (Lipinski definition) is 3. The van der Waals surface area contributed by atoms with E-state index in [0.29, 0.717) is 19.0 Å². The van der Waals surface area contributed by atoms with E-state index in [4.69, 9.17) is 5.26 Å². The maximum atomic E-state index is 12.2. The molecular weight excluding hydrogens is 247 g/mol. The van der Waals surface area contributed by atoms with Crippen molar-refractivity contribution in [1.82, 2.24) is 10.2 Å². The van der Waals surface area contributed by atoms with Crippen molar-refractivity contribution in [1.29, 1.82) is 5.26 Å². The number of likely N-dealkylation sites (tertiary alicyclic amines) is 1. The van der Waals surface area contributed by atoms with Gasteiger partial charge in [0.05, 0.1) is 6.07 Å².